The fourth-order valence-electron chi connectivity index (χ4n) is 1.88. The summed E-state index contributed by atoms with van der Waals surface area (Å²) in [6, 6.07) is 9.90. The van der Waals surface area contributed by atoms with Gasteiger partial charge in [-0.1, -0.05) is 18.2 Å². The van der Waals surface area contributed by atoms with Gasteiger partial charge in [-0.15, -0.1) is 11.3 Å². The number of hydrazone groups is 1. The standard InChI is InChI=1S/C16H16N4O3S/c1-10(19-20-16(23)13-7-4-8-24-13)9-14(21)18-12-6-3-2-5-11(12)15(17)22/h2-8H,9H2,1H3,(H2,17,22)(H,18,21)(H,20,23)/b19-10-. The molecule has 3 amide bonds. The fraction of sp³-hybridized carbons (Fsp3) is 0.125. The first-order chi connectivity index (χ1) is 11.5. The number of anilines is 1. The highest BCUT2D eigenvalue weighted by atomic mass is 32.1. The predicted octanol–water partition coefficient (Wildman–Crippen LogP) is 1.98. The molecular weight excluding hydrogens is 328 g/mol. The first-order valence-electron chi connectivity index (χ1n) is 7.03. The lowest BCUT2D eigenvalue weighted by Gasteiger charge is -2.08. The Labute approximate surface area is 142 Å². The number of benzene rings is 1. The summed E-state index contributed by atoms with van der Waals surface area (Å²) >= 11 is 1.30. The number of hydrogen-bond donors (Lipinski definition) is 3. The number of primary amides is 1. The molecule has 0 fully saturated rings. The molecule has 0 aliphatic heterocycles. The van der Waals surface area contributed by atoms with Crippen LogP contribution in [0.25, 0.3) is 0 Å². The SMILES string of the molecule is C/C(CC(=O)Nc1ccccc1C(N)=O)=N/NC(=O)c1cccs1. The summed E-state index contributed by atoms with van der Waals surface area (Å²) in [7, 11) is 0. The highest BCUT2D eigenvalue weighted by molar-refractivity contribution is 7.12. The third kappa shape index (κ3) is 4.75. The summed E-state index contributed by atoms with van der Waals surface area (Å²) in [6.45, 7) is 1.62. The summed E-state index contributed by atoms with van der Waals surface area (Å²) in [5, 5.41) is 8.28. The number of nitrogens with two attached hydrogens (primary N) is 1. The molecule has 7 nitrogen and oxygen atoms in total. The minimum absolute atomic E-state index is 0.0299. The van der Waals surface area contributed by atoms with Gasteiger partial charge in [-0.25, -0.2) is 5.43 Å². The molecule has 0 saturated carbocycles. The Morgan fingerprint density at radius 1 is 1.17 bits per heavy atom. The van der Waals surface area contributed by atoms with E-state index in [1.807, 2.05) is 0 Å². The quantitative estimate of drug-likeness (QED) is 0.550. The minimum Gasteiger partial charge on any atom is -0.366 e. The number of thiophene rings is 1. The van der Waals surface area contributed by atoms with Crippen LogP contribution in [0.3, 0.4) is 0 Å². The Morgan fingerprint density at radius 2 is 1.92 bits per heavy atom. The smallest absolute Gasteiger partial charge is 0.281 e. The van der Waals surface area contributed by atoms with Gasteiger partial charge in [-0.3, -0.25) is 14.4 Å². The number of rotatable bonds is 6. The van der Waals surface area contributed by atoms with E-state index in [1.54, 1.807) is 42.6 Å². The van der Waals surface area contributed by atoms with Crippen molar-refractivity contribution in [3.63, 3.8) is 0 Å². The van der Waals surface area contributed by atoms with Crippen LogP contribution in [0.2, 0.25) is 0 Å². The topological polar surface area (TPSA) is 114 Å². The van der Waals surface area contributed by atoms with Crippen molar-refractivity contribution in [3.8, 4) is 0 Å². The molecular formula is C16H16N4O3S. The third-order valence-electron chi connectivity index (χ3n) is 2.98. The maximum atomic E-state index is 12.0. The zero-order valence-electron chi connectivity index (χ0n) is 12.9. The molecule has 2 rings (SSSR count). The number of para-hydroxylation sites is 1. The van der Waals surface area contributed by atoms with Crippen LogP contribution in [0.15, 0.2) is 46.9 Å². The van der Waals surface area contributed by atoms with E-state index in [0.29, 0.717) is 16.3 Å². The zero-order valence-corrected chi connectivity index (χ0v) is 13.7. The maximum Gasteiger partial charge on any atom is 0.281 e. The lowest BCUT2D eigenvalue weighted by molar-refractivity contribution is -0.115. The number of carbonyl (C=O) groups excluding carboxylic acids is 3. The van der Waals surface area contributed by atoms with Crippen LogP contribution in [-0.2, 0) is 4.79 Å². The van der Waals surface area contributed by atoms with E-state index in [2.05, 4.69) is 15.8 Å². The van der Waals surface area contributed by atoms with Crippen molar-refractivity contribution in [3.05, 3.63) is 52.2 Å². The van der Waals surface area contributed by atoms with Crippen molar-refractivity contribution in [2.24, 2.45) is 10.8 Å². The lowest BCUT2D eigenvalue weighted by atomic mass is 10.1. The highest BCUT2D eigenvalue weighted by Gasteiger charge is 2.11. The zero-order chi connectivity index (χ0) is 17.5. The number of nitrogens with zero attached hydrogens (tertiary/aromatic N) is 1. The average molecular weight is 344 g/mol. The lowest BCUT2D eigenvalue weighted by Crippen LogP contribution is -2.22. The first kappa shape index (κ1) is 17.4. The molecule has 0 radical (unpaired) electrons. The molecule has 1 heterocycles. The van der Waals surface area contributed by atoms with Crippen LogP contribution >= 0.6 is 11.3 Å². The molecule has 2 aromatic rings. The largest absolute Gasteiger partial charge is 0.366 e. The van der Waals surface area contributed by atoms with Crippen molar-refractivity contribution < 1.29 is 14.4 Å². The van der Waals surface area contributed by atoms with Gasteiger partial charge in [0.2, 0.25) is 5.91 Å². The second kappa shape index (κ2) is 8.02. The molecule has 0 spiro atoms. The van der Waals surface area contributed by atoms with Crippen LogP contribution in [0.4, 0.5) is 5.69 Å². The molecule has 0 saturated heterocycles. The number of carbonyl (C=O) groups is 3. The second-order valence-electron chi connectivity index (χ2n) is 4.90. The number of hydrogen-bond acceptors (Lipinski definition) is 5. The monoisotopic (exact) mass is 344 g/mol. The summed E-state index contributed by atoms with van der Waals surface area (Å²) in [4.78, 5) is 35.6. The molecule has 0 atom stereocenters. The molecule has 0 aliphatic rings. The van der Waals surface area contributed by atoms with Crippen LogP contribution in [0.5, 0.6) is 0 Å². The second-order valence-corrected chi connectivity index (χ2v) is 5.85. The predicted molar refractivity (Wildman–Crippen MR) is 93.1 cm³/mol. The summed E-state index contributed by atoms with van der Waals surface area (Å²) < 4.78 is 0. The highest BCUT2D eigenvalue weighted by Crippen LogP contribution is 2.14. The van der Waals surface area contributed by atoms with Crippen LogP contribution < -0.4 is 16.5 Å². The van der Waals surface area contributed by atoms with E-state index in [4.69, 9.17) is 5.73 Å². The van der Waals surface area contributed by atoms with Crippen LogP contribution in [0.1, 0.15) is 33.4 Å². The number of nitrogens with one attached hydrogen (secondary N) is 2. The van der Waals surface area contributed by atoms with Gasteiger partial charge in [-0.2, -0.15) is 5.10 Å². The van der Waals surface area contributed by atoms with Gasteiger partial charge in [0.05, 0.1) is 22.5 Å². The molecule has 0 aliphatic carbocycles. The third-order valence-corrected chi connectivity index (χ3v) is 3.84. The average Bonchev–Trinajstić information content (AvgIpc) is 3.07. The summed E-state index contributed by atoms with van der Waals surface area (Å²) in [5.41, 5.74) is 8.64. The van der Waals surface area contributed by atoms with Gasteiger partial charge < -0.3 is 11.1 Å². The normalized spacial score (nSPS) is 11.0. The molecule has 124 valence electrons. The van der Waals surface area contributed by atoms with Crippen molar-refractivity contribution >= 4 is 40.5 Å². The molecule has 1 aromatic carbocycles. The fourth-order valence-corrected chi connectivity index (χ4v) is 2.50. The Hall–Kier alpha value is -3.00. The molecule has 1 aromatic heterocycles. The summed E-state index contributed by atoms with van der Waals surface area (Å²) in [5.74, 6) is -1.32. The maximum absolute atomic E-state index is 12.0. The van der Waals surface area contributed by atoms with Gasteiger partial charge in [-0.05, 0) is 30.5 Å². The van der Waals surface area contributed by atoms with Gasteiger partial charge in [0.15, 0.2) is 0 Å². The van der Waals surface area contributed by atoms with Gasteiger partial charge >= 0.3 is 0 Å². The Kier molecular flexibility index (Phi) is 5.80. The summed E-state index contributed by atoms with van der Waals surface area (Å²) in [6.07, 6.45) is -0.0299. The Balaban J connectivity index is 1.93. The number of amides is 3. The molecule has 0 unspecified atom stereocenters. The van der Waals surface area contributed by atoms with E-state index in [0.717, 1.165) is 0 Å². The van der Waals surface area contributed by atoms with Gasteiger partial charge in [0.25, 0.3) is 11.8 Å². The first-order valence-corrected chi connectivity index (χ1v) is 7.91. The molecule has 8 heteroatoms. The molecule has 0 bridgehead atoms. The van der Waals surface area contributed by atoms with Crippen molar-refractivity contribution in [2.45, 2.75) is 13.3 Å². The minimum atomic E-state index is -0.625. The molecule has 24 heavy (non-hydrogen) atoms. The van der Waals surface area contributed by atoms with E-state index < -0.39 is 5.91 Å². The van der Waals surface area contributed by atoms with E-state index >= 15 is 0 Å². The van der Waals surface area contributed by atoms with E-state index in [-0.39, 0.29) is 23.8 Å². The Bertz CT molecular complexity index is 784. The van der Waals surface area contributed by atoms with Crippen LogP contribution in [-0.4, -0.2) is 23.4 Å². The van der Waals surface area contributed by atoms with Gasteiger partial charge in [0, 0.05) is 5.71 Å². The van der Waals surface area contributed by atoms with Crippen molar-refractivity contribution in [1.29, 1.82) is 0 Å². The van der Waals surface area contributed by atoms with E-state index in [1.165, 1.54) is 17.4 Å². The van der Waals surface area contributed by atoms with Crippen molar-refractivity contribution in [2.75, 3.05) is 5.32 Å². The Morgan fingerprint density at radius 3 is 2.58 bits per heavy atom. The van der Waals surface area contributed by atoms with Gasteiger partial charge in [0.1, 0.15) is 0 Å². The van der Waals surface area contributed by atoms with Crippen molar-refractivity contribution in [1.82, 2.24) is 5.43 Å². The molecule has 4 N–H and O–H groups in total. The van der Waals surface area contributed by atoms with Crippen LogP contribution in [0, 0.1) is 0 Å². The van der Waals surface area contributed by atoms with E-state index in [9.17, 15) is 14.4 Å².